The van der Waals surface area contributed by atoms with Crippen LogP contribution < -0.4 is 0 Å². The van der Waals surface area contributed by atoms with Gasteiger partial charge in [-0.05, 0) is 72.8 Å². The zero-order valence-corrected chi connectivity index (χ0v) is 21.3. The minimum Gasteiger partial charge on any atom is -0.327 e. The summed E-state index contributed by atoms with van der Waals surface area (Å²) < 4.78 is 15.3. The first-order chi connectivity index (χ1) is 17.5. The zero-order valence-electron chi connectivity index (χ0n) is 19.7. The van der Waals surface area contributed by atoms with E-state index in [1.807, 2.05) is 46.0 Å². The smallest absolute Gasteiger partial charge is 0.254 e. The van der Waals surface area contributed by atoms with Gasteiger partial charge in [-0.3, -0.25) is 4.79 Å². The van der Waals surface area contributed by atoms with Crippen LogP contribution in [0.15, 0.2) is 65.4 Å². The number of fused-ring (bicyclic) bond motifs is 1. The van der Waals surface area contributed by atoms with E-state index in [-0.39, 0.29) is 17.8 Å². The Hall–Kier alpha value is -3.69. The third kappa shape index (κ3) is 3.94. The molecule has 36 heavy (non-hydrogen) atoms. The number of hydrogen-bond donors (Lipinski definition) is 0. The van der Waals surface area contributed by atoms with Crippen LogP contribution in [0.4, 0.5) is 4.39 Å². The molecule has 180 valence electrons. The maximum absolute atomic E-state index is 13.4. The minimum absolute atomic E-state index is 0.0147. The summed E-state index contributed by atoms with van der Waals surface area (Å²) in [6.07, 6.45) is 0. The highest BCUT2D eigenvalue weighted by atomic mass is 32.1. The number of rotatable bonds is 4. The molecule has 0 aliphatic carbocycles. The van der Waals surface area contributed by atoms with Crippen molar-refractivity contribution in [2.45, 2.75) is 26.4 Å². The van der Waals surface area contributed by atoms with Crippen molar-refractivity contribution in [3.63, 3.8) is 0 Å². The normalized spacial score (nSPS) is 15.2. The third-order valence-corrected chi connectivity index (χ3v) is 8.31. The van der Waals surface area contributed by atoms with Crippen LogP contribution in [0, 0.1) is 12.7 Å². The Morgan fingerprint density at radius 2 is 1.72 bits per heavy atom. The summed E-state index contributed by atoms with van der Waals surface area (Å²) in [5.41, 5.74) is 4.57. The number of halogens is 1. The Labute approximate surface area is 215 Å². The van der Waals surface area contributed by atoms with Gasteiger partial charge in [-0.2, -0.15) is 0 Å². The number of aryl methyl sites for hydroxylation is 1. The Bertz CT molecular complexity index is 1550. The molecule has 2 aromatic carbocycles. The van der Waals surface area contributed by atoms with Crippen LogP contribution in [0.3, 0.4) is 0 Å². The zero-order chi connectivity index (χ0) is 24.8. The first-order valence-electron chi connectivity index (χ1n) is 11.6. The molecule has 0 spiro atoms. The Morgan fingerprint density at radius 3 is 2.44 bits per heavy atom. The molecule has 3 aromatic heterocycles. The van der Waals surface area contributed by atoms with Crippen LogP contribution in [-0.4, -0.2) is 37.1 Å². The number of carbonyl (C=O) groups excluding carboxylic acids is 1. The van der Waals surface area contributed by atoms with E-state index in [1.54, 1.807) is 23.5 Å². The molecule has 4 heterocycles. The third-order valence-electron chi connectivity index (χ3n) is 6.57. The van der Waals surface area contributed by atoms with Crippen molar-refractivity contribution in [2.24, 2.45) is 0 Å². The molecule has 0 bridgehead atoms. The van der Waals surface area contributed by atoms with Gasteiger partial charge in [-0.15, -0.1) is 32.9 Å². The average molecular weight is 516 g/mol. The molecule has 1 amide bonds. The molecular formula is C27H22FN5OS2. The lowest BCUT2D eigenvalue weighted by Gasteiger charge is -2.33. The van der Waals surface area contributed by atoms with Gasteiger partial charge in [0.25, 0.3) is 5.91 Å². The maximum Gasteiger partial charge on any atom is 0.254 e. The fourth-order valence-electron chi connectivity index (χ4n) is 4.60. The number of benzene rings is 2. The first kappa shape index (κ1) is 22.8. The van der Waals surface area contributed by atoms with Gasteiger partial charge in [-0.25, -0.2) is 9.37 Å². The molecule has 6 rings (SSSR count). The van der Waals surface area contributed by atoms with Crippen molar-refractivity contribution in [1.82, 2.24) is 24.6 Å². The summed E-state index contributed by atoms with van der Waals surface area (Å²) in [4.78, 5) is 21.2. The Kier molecular flexibility index (Phi) is 5.73. The minimum atomic E-state index is -0.274. The highest BCUT2D eigenvalue weighted by Gasteiger charge is 2.32. The van der Waals surface area contributed by atoms with Crippen LogP contribution in [-0.2, 0) is 6.54 Å². The van der Waals surface area contributed by atoms with Crippen molar-refractivity contribution in [1.29, 1.82) is 0 Å². The summed E-state index contributed by atoms with van der Waals surface area (Å²) in [6, 6.07) is 16.0. The predicted octanol–water partition coefficient (Wildman–Crippen LogP) is 6.46. The van der Waals surface area contributed by atoms with Crippen molar-refractivity contribution < 1.29 is 9.18 Å². The lowest BCUT2D eigenvalue weighted by molar-refractivity contribution is 0.0638. The van der Waals surface area contributed by atoms with E-state index in [0.717, 1.165) is 27.7 Å². The first-order valence-corrected chi connectivity index (χ1v) is 13.4. The molecule has 0 fully saturated rings. The number of thiazole rings is 1. The van der Waals surface area contributed by atoms with Crippen LogP contribution >= 0.6 is 22.7 Å². The van der Waals surface area contributed by atoms with Gasteiger partial charge in [-0.1, -0.05) is 12.1 Å². The topological polar surface area (TPSA) is 63.9 Å². The van der Waals surface area contributed by atoms with E-state index >= 15 is 0 Å². The molecule has 0 unspecified atom stereocenters. The van der Waals surface area contributed by atoms with E-state index in [4.69, 9.17) is 4.98 Å². The molecule has 1 atom stereocenters. The van der Waals surface area contributed by atoms with Crippen molar-refractivity contribution in [3.8, 4) is 33.2 Å². The quantitative estimate of drug-likeness (QED) is 0.276. The summed E-state index contributed by atoms with van der Waals surface area (Å²) in [7, 11) is 0. The van der Waals surface area contributed by atoms with E-state index in [2.05, 4.69) is 28.6 Å². The fraction of sp³-hybridized carbons (Fsp3) is 0.185. The van der Waals surface area contributed by atoms with Crippen LogP contribution in [0.25, 0.3) is 33.2 Å². The second-order valence-corrected chi connectivity index (χ2v) is 10.7. The number of amides is 1. The van der Waals surface area contributed by atoms with Gasteiger partial charge in [0.2, 0.25) is 0 Å². The van der Waals surface area contributed by atoms with Crippen LogP contribution in [0.2, 0.25) is 0 Å². The number of nitrogens with zero attached hydrogens (tertiary/aromatic N) is 5. The van der Waals surface area contributed by atoms with Gasteiger partial charge < -0.3 is 9.47 Å². The maximum atomic E-state index is 13.4. The van der Waals surface area contributed by atoms with E-state index in [0.29, 0.717) is 24.5 Å². The van der Waals surface area contributed by atoms with E-state index < -0.39 is 0 Å². The lowest BCUT2D eigenvalue weighted by atomic mass is 10.0. The fourth-order valence-corrected chi connectivity index (χ4v) is 6.12. The summed E-state index contributed by atoms with van der Waals surface area (Å²) in [5, 5.41) is 13.7. The predicted molar refractivity (Wildman–Crippen MR) is 140 cm³/mol. The number of hydrogen-bond acceptors (Lipinski definition) is 6. The van der Waals surface area contributed by atoms with E-state index in [9.17, 15) is 9.18 Å². The molecule has 0 N–H and O–H groups in total. The largest absolute Gasteiger partial charge is 0.327 e. The number of aromatic nitrogens is 4. The second-order valence-electron chi connectivity index (χ2n) is 8.72. The molecule has 1 aliphatic heterocycles. The van der Waals surface area contributed by atoms with Crippen molar-refractivity contribution >= 4 is 28.6 Å². The van der Waals surface area contributed by atoms with Crippen molar-refractivity contribution in [2.75, 3.05) is 6.54 Å². The summed E-state index contributed by atoms with van der Waals surface area (Å²) in [6.45, 7) is 5.23. The van der Waals surface area contributed by atoms with Crippen LogP contribution in [0.1, 0.15) is 34.0 Å². The van der Waals surface area contributed by atoms with Gasteiger partial charge in [0.1, 0.15) is 16.5 Å². The highest BCUT2D eigenvalue weighted by Crippen LogP contribution is 2.33. The molecule has 1 aliphatic rings. The van der Waals surface area contributed by atoms with Crippen molar-refractivity contribution in [3.05, 3.63) is 87.4 Å². The molecule has 0 saturated carbocycles. The van der Waals surface area contributed by atoms with Gasteiger partial charge in [0.15, 0.2) is 11.6 Å². The SMILES string of the molecule is Cc1sccc1-c1ccc(C(=O)N2CCn3c(-c4csc(-c5ccc(F)cc5)n4)nnc3[C@H]2C)cc1. The van der Waals surface area contributed by atoms with E-state index in [1.165, 1.54) is 33.9 Å². The van der Waals surface area contributed by atoms with Gasteiger partial charge in [0, 0.05) is 34.5 Å². The van der Waals surface area contributed by atoms with Gasteiger partial charge in [0.05, 0.1) is 6.04 Å². The second kappa shape index (κ2) is 9.07. The molecule has 9 heteroatoms. The number of thiophene rings is 1. The summed E-state index contributed by atoms with van der Waals surface area (Å²) >= 11 is 3.20. The monoisotopic (exact) mass is 515 g/mol. The Morgan fingerprint density at radius 1 is 0.972 bits per heavy atom. The Balaban J connectivity index is 1.23. The average Bonchev–Trinajstić information content (AvgIpc) is 3.64. The molecule has 5 aromatic rings. The van der Waals surface area contributed by atoms with Gasteiger partial charge >= 0.3 is 0 Å². The summed E-state index contributed by atoms with van der Waals surface area (Å²) in [5.74, 6) is 1.14. The molecule has 0 radical (unpaired) electrons. The molecule has 0 saturated heterocycles. The highest BCUT2D eigenvalue weighted by molar-refractivity contribution is 7.13. The molecular weight excluding hydrogens is 493 g/mol. The number of carbonyl (C=O) groups is 1. The lowest BCUT2D eigenvalue weighted by Crippen LogP contribution is -2.41. The molecule has 6 nitrogen and oxygen atoms in total. The standard InChI is InChI=1S/C27H22FN5OS2/c1-16-24-30-31-25(23-15-36-26(29-23)19-7-9-21(28)10-8-19)33(24)13-12-32(16)27(34)20-5-3-18(4-6-20)22-11-14-35-17(22)2/h3-11,14-16H,12-13H2,1-2H3/t16-/m1/s1. The van der Waals surface area contributed by atoms with Crippen LogP contribution in [0.5, 0.6) is 0 Å².